The van der Waals surface area contributed by atoms with Gasteiger partial charge in [0, 0.05) is 22.1 Å². The molecule has 0 saturated heterocycles. The summed E-state index contributed by atoms with van der Waals surface area (Å²) >= 11 is 6.06. The molecule has 72 valence electrons. The van der Waals surface area contributed by atoms with Crippen LogP contribution in [0.15, 0.2) is 18.3 Å². The van der Waals surface area contributed by atoms with E-state index >= 15 is 0 Å². The predicted octanol–water partition coefficient (Wildman–Crippen LogP) is 3.56. The molecule has 0 bridgehead atoms. The molecular formula is C12H12ClN. The highest BCUT2D eigenvalue weighted by molar-refractivity contribution is 6.31. The lowest BCUT2D eigenvalue weighted by Crippen LogP contribution is -2.09. The summed E-state index contributed by atoms with van der Waals surface area (Å²) in [4.78, 5) is 3.30. The average molecular weight is 206 g/mol. The van der Waals surface area contributed by atoms with E-state index in [-0.39, 0.29) is 0 Å². The molecule has 1 heterocycles. The van der Waals surface area contributed by atoms with E-state index in [1.165, 1.54) is 28.5 Å². The van der Waals surface area contributed by atoms with Crippen LogP contribution in [0.5, 0.6) is 0 Å². The highest BCUT2D eigenvalue weighted by atomic mass is 35.5. The molecule has 1 aliphatic rings. The molecule has 1 aromatic carbocycles. The van der Waals surface area contributed by atoms with Crippen molar-refractivity contribution >= 4 is 22.5 Å². The van der Waals surface area contributed by atoms with Crippen LogP contribution in [-0.2, 0) is 12.8 Å². The second-order valence-electron chi connectivity index (χ2n) is 4.31. The summed E-state index contributed by atoms with van der Waals surface area (Å²) in [5, 5.41) is 2.25. The van der Waals surface area contributed by atoms with E-state index in [4.69, 9.17) is 11.6 Å². The Labute approximate surface area is 88.1 Å². The molecular weight excluding hydrogens is 194 g/mol. The fourth-order valence-electron chi connectivity index (χ4n) is 2.54. The second-order valence-corrected chi connectivity index (χ2v) is 4.75. The van der Waals surface area contributed by atoms with Crippen LogP contribution in [0, 0.1) is 5.92 Å². The Bertz CT molecular complexity index is 498. The number of benzene rings is 1. The van der Waals surface area contributed by atoms with Crippen molar-refractivity contribution in [3.63, 3.8) is 0 Å². The van der Waals surface area contributed by atoms with Crippen LogP contribution >= 0.6 is 11.6 Å². The van der Waals surface area contributed by atoms with Gasteiger partial charge >= 0.3 is 0 Å². The molecule has 2 aromatic rings. The third-order valence-corrected chi connectivity index (χ3v) is 3.26. The molecule has 0 radical (unpaired) electrons. The monoisotopic (exact) mass is 205 g/mol. The maximum atomic E-state index is 6.06. The largest absolute Gasteiger partial charge is 0.361 e. The first-order chi connectivity index (χ1) is 6.74. The van der Waals surface area contributed by atoms with Gasteiger partial charge in [0.05, 0.1) is 0 Å². The molecule has 1 atom stereocenters. The Morgan fingerprint density at radius 2 is 2.07 bits per heavy atom. The Balaban J connectivity index is 2.38. The summed E-state index contributed by atoms with van der Waals surface area (Å²) in [6.45, 7) is 2.29. The van der Waals surface area contributed by atoms with E-state index in [1.807, 2.05) is 6.07 Å². The first-order valence-corrected chi connectivity index (χ1v) is 5.40. The van der Waals surface area contributed by atoms with Gasteiger partial charge in [-0.25, -0.2) is 0 Å². The molecule has 1 aliphatic carbocycles. The summed E-state index contributed by atoms with van der Waals surface area (Å²) in [6, 6.07) is 4.12. The van der Waals surface area contributed by atoms with E-state index in [9.17, 15) is 0 Å². The maximum Gasteiger partial charge on any atom is 0.0474 e. The number of aromatic nitrogens is 1. The molecule has 0 fully saturated rings. The molecule has 1 nitrogen and oxygen atoms in total. The summed E-state index contributed by atoms with van der Waals surface area (Å²) in [6.07, 6.45) is 4.47. The van der Waals surface area contributed by atoms with Crippen LogP contribution < -0.4 is 0 Å². The van der Waals surface area contributed by atoms with E-state index in [1.54, 1.807) is 0 Å². The van der Waals surface area contributed by atoms with Crippen molar-refractivity contribution in [3.8, 4) is 0 Å². The minimum Gasteiger partial charge on any atom is -0.361 e. The third-order valence-electron chi connectivity index (χ3n) is 3.04. The van der Waals surface area contributed by atoms with Crippen LogP contribution in [-0.4, -0.2) is 4.98 Å². The van der Waals surface area contributed by atoms with Gasteiger partial charge in [-0.3, -0.25) is 0 Å². The Morgan fingerprint density at radius 3 is 2.93 bits per heavy atom. The smallest absolute Gasteiger partial charge is 0.0474 e. The van der Waals surface area contributed by atoms with E-state index in [0.717, 1.165) is 17.4 Å². The molecule has 1 N–H and O–H groups in total. The summed E-state index contributed by atoms with van der Waals surface area (Å²) in [5.74, 6) is 0.736. The molecule has 2 heteroatoms. The molecule has 1 unspecified atom stereocenters. The van der Waals surface area contributed by atoms with E-state index < -0.39 is 0 Å². The number of aromatic amines is 1. The number of rotatable bonds is 0. The van der Waals surface area contributed by atoms with Crippen LogP contribution in [0.1, 0.15) is 18.1 Å². The minimum atomic E-state index is 0.736. The van der Waals surface area contributed by atoms with Crippen LogP contribution in [0.3, 0.4) is 0 Å². The lowest BCUT2D eigenvalue weighted by Gasteiger charge is -2.18. The van der Waals surface area contributed by atoms with E-state index in [0.29, 0.717) is 0 Å². The van der Waals surface area contributed by atoms with Crippen molar-refractivity contribution in [2.75, 3.05) is 0 Å². The molecule has 0 amide bonds. The normalized spacial score (nSPS) is 20.3. The number of hydrogen-bond donors (Lipinski definition) is 1. The standard InChI is InChI=1S/C12H12ClN/c1-7-2-8-4-10(13)5-11-12(8)9(3-7)6-14-11/h4-7,14H,2-3H2,1H3. The van der Waals surface area contributed by atoms with Gasteiger partial charge in [-0.15, -0.1) is 0 Å². The lowest BCUT2D eigenvalue weighted by atomic mass is 9.86. The van der Waals surface area contributed by atoms with Gasteiger partial charge in [0.1, 0.15) is 0 Å². The van der Waals surface area contributed by atoms with Crippen LogP contribution in [0.4, 0.5) is 0 Å². The zero-order chi connectivity index (χ0) is 9.71. The topological polar surface area (TPSA) is 15.8 Å². The van der Waals surface area contributed by atoms with Crippen molar-refractivity contribution in [3.05, 3.63) is 34.5 Å². The van der Waals surface area contributed by atoms with E-state index in [2.05, 4.69) is 24.2 Å². The lowest BCUT2D eigenvalue weighted by molar-refractivity contribution is 0.570. The first-order valence-electron chi connectivity index (χ1n) is 5.02. The van der Waals surface area contributed by atoms with Gasteiger partial charge in [-0.2, -0.15) is 0 Å². The molecule has 0 saturated carbocycles. The summed E-state index contributed by atoms with van der Waals surface area (Å²) in [5.41, 5.74) is 4.04. The molecule has 0 aliphatic heterocycles. The number of halogens is 1. The van der Waals surface area contributed by atoms with Gasteiger partial charge < -0.3 is 4.98 Å². The fraction of sp³-hybridized carbons (Fsp3) is 0.333. The van der Waals surface area contributed by atoms with Gasteiger partial charge in [-0.1, -0.05) is 18.5 Å². The Kier molecular flexibility index (Phi) is 1.65. The average Bonchev–Trinajstić information content (AvgIpc) is 2.48. The second kappa shape index (κ2) is 2.77. The minimum absolute atomic E-state index is 0.736. The van der Waals surface area contributed by atoms with Crippen molar-refractivity contribution in [2.24, 2.45) is 5.92 Å². The third kappa shape index (κ3) is 1.09. The van der Waals surface area contributed by atoms with Crippen molar-refractivity contribution < 1.29 is 0 Å². The summed E-state index contributed by atoms with van der Waals surface area (Å²) in [7, 11) is 0. The number of hydrogen-bond acceptors (Lipinski definition) is 0. The Morgan fingerprint density at radius 1 is 1.29 bits per heavy atom. The number of nitrogens with one attached hydrogen (secondary N) is 1. The first kappa shape index (κ1) is 8.37. The predicted molar refractivity (Wildman–Crippen MR) is 59.9 cm³/mol. The van der Waals surface area contributed by atoms with Gasteiger partial charge in [-0.05, 0) is 42.0 Å². The quantitative estimate of drug-likeness (QED) is 0.677. The fourth-order valence-corrected chi connectivity index (χ4v) is 2.78. The molecule has 3 rings (SSSR count). The highest BCUT2D eigenvalue weighted by Gasteiger charge is 2.19. The van der Waals surface area contributed by atoms with Crippen molar-refractivity contribution in [2.45, 2.75) is 19.8 Å². The number of H-pyrrole nitrogens is 1. The SMILES string of the molecule is CC1Cc2c[nH]c3cc(Cl)cc(c23)C1. The molecule has 0 spiro atoms. The van der Waals surface area contributed by atoms with Crippen molar-refractivity contribution in [1.29, 1.82) is 0 Å². The van der Waals surface area contributed by atoms with Gasteiger partial charge in [0.2, 0.25) is 0 Å². The van der Waals surface area contributed by atoms with Crippen LogP contribution in [0.25, 0.3) is 10.9 Å². The zero-order valence-electron chi connectivity index (χ0n) is 8.10. The van der Waals surface area contributed by atoms with Crippen LogP contribution in [0.2, 0.25) is 5.02 Å². The summed E-state index contributed by atoms with van der Waals surface area (Å²) < 4.78 is 0. The highest BCUT2D eigenvalue weighted by Crippen LogP contribution is 2.33. The van der Waals surface area contributed by atoms with Gasteiger partial charge in [0.15, 0.2) is 0 Å². The maximum absolute atomic E-state index is 6.06. The Hall–Kier alpha value is -0.950. The zero-order valence-corrected chi connectivity index (χ0v) is 8.86. The van der Waals surface area contributed by atoms with Crippen molar-refractivity contribution in [1.82, 2.24) is 4.98 Å². The molecule has 1 aromatic heterocycles. The van der Waals surface area contributed by atoms with Gasteiger partial charge in [0.25, 0.3) is 0 Å². The molecule has 14 heavy (non-hydrogen) atoms.